The summed E-state index contributed by atoms with van der Waals surface area (Å²) in [6.07, 6.45) is 0.283. The van der Waals surface area contributed by atoms with Crippen molar-refractivity contribution in [2.75, 3.05) is 7.11 Å². The summed E-state index contributed by atoms with van der Waals surface area (Å²) >= 11 is 13.6. The predicted octanol–water partition coefficient (Wildman–Crippen LogP) is 4.84. The number of amides is 1. The average Bonchev–Trinajstić information content (AvgIpc) is 3.10. The highest BCUT2D eigenvalue weighted by Gasteiger charge is 2.18. The molecule has 1 unspecified atom stereocenters. The Bertz CT molecular complexity index is 1020. The number of carbonyl (C=O) groups excluding carboxylic acids is 1. The first-order chi connectivity index (χ1) is 14.4. The van der Waals surface area contributed by atoms with E-state index in [1.165, 1.54) is 0 Å². The number of nitrogens with one attached hydrogen (secondary N) is 1. The number of rotatable bonds is 8. The van der Waals surface area contributed by atoms with E-state index in [2.05, 4.69) is 15.5 Å². The Morgan fingerprint density at radius 3 is 2.50 bits per heavy atom. The van der Waals surface area contributed by atoms with Gasteiger partial charge in [-0.3, -0.25) is 4.79 Å². The molecule has 158 valence electrons. The summed E-state index contributed by atoms with van der Waals surface area (Å²) in [6.45, 7) is 1.89. The fourth-order valence-corrected chi connectivity index (χ4v) is 4.07. The highest BCUT2D eigenvalue weighted by atomic mass is 35.5. The van der Waals surface area contributed by atoms with Gasteiger partial charge in [0.2, 0.25) is 5.91 Å². The molecule has 0 saturated heterocycles. The number of carbonyl (C=O) groups is 1. The maximum absolute atomic E-state index is 12.4. The van der Waals surface area contributed by atoms with Crippen LogP contribution in [0.1, 0.15) is 29.9 Å². The molecule has 0 aliphatic rings. The van der Waals surface area contributed by atoms with Gasteiger partial charge < -0.3 is 14.6 Å². The summed E-state index contributed by atoms with van der Waals surface area (Å²) < 4.78 is 7.03. The van der Waals surface area contributed by atoms with E-state index in [0.29, 0.717) is 21.6 Å². The fraction of sp³-hybridized carbons (Fsp3) is 0.286. The zero-order valence-corrected chi connectivity index (χ0v) is 19.2. The molecule has 1 heterocycles. The van der Waals surface area contributed by atoms with Crippen LogP contribution in [-0.4, -0.2) is 27.8 Å². The lowest BCUT2D eigenvalue weighted by Gasteiger charge is -2.14. The zero-order valence-electron chi connectivity index (χ0n) is 16.9. The number of methoxy groups -OCH3 is 1. The van der Waals surface area contributed by atoms with Gasteiger partial charge in [-0.2, -0.15) is 0 Å². The Kier molecular flexibility index (Phi) is 7.64. The van der Waals surface area contributed by atoms with Crippen LogP contribution in [0.3, 0.4) is 0 Å². The monoisotopic (exact) mass is 464 g/mol. The summed E-state index contributed by atoms with van der Waals surface area (Å²) in [5.74, 6) is 2.05. The molecular weight excluding hydrogens is 443 g/mol. The number of hydrogen-bond donors (Lipinski definition) is 1. The fourth-order valence-electron chi connectivity index (χ4n) is 2.89. The molecule has 0 saturated carbocycles. The van der Waals surface area contributed by atoms with E-state index in [4.69, 9.17) is 27.9 Å². The second-order valence-corrected chi connectivity index (χ2v) is 8.51. The molecule has 2 aromatic carbocycles. The molecule has 0 radical (unpaired) electrons. The van der Waals surface area contributed by atoms with Gasteiger partial charge in [-0.05, 0) is 42.3 Å². The molecule has 1 atom stereocenters. The minimum atomic E-state index is -0.271. The van der Waals surface area contributed by atoms with Crippen LogP contribution in [0.25, 0.3) is 0 Å². The molecule has 1 amide bonds. The van der Waals surface area contributed by atoms with Crippen LogP contribution in [0.15, 0.2) is 47.6 Å². The van der Waals surface area contributed by atoms with Gasteiger partial charge in [0.05, 0.1) is 29.6 Å². The van der Waals surface area contributed by atoms with Gasteiger partial charge in [0.15, 0.2) is 11.0 Å². The van der Waals surface area contributed by atoms with Gasteiger partial charge in [0, 0.05) is 12.8 Å². The van der Waals surface area contributed by atoms with Crippen LogP contribution < -0.4 is 10.1 Å². The highest BCUT2D eigenvalue weighted by Crippen LogP contribution is 2.27. The third-order valence-electron chi connectivity index (χ3n) is 4.51. The van der Waals surface area contributed by atoms with E-state index in [-0.39, 0.29) is 18.4 Å². The van der Waals surface area contributed by atoms with E-state index >= 15 is 0 Å². The third-order valence-corrected chi connectivity index (χ3v) is 6.34. The normalized spacial score (nSPS) is 11.9. The van der Waals surface area contributed by atoms with Crippen LogP contribution in [0.5, 0.6) is 5.75 Å². The van der Waals surface area contributed by atoms with Crippen molar-refractivity contribution in [3.05, 3.63) is 69.5 Å². The van der Waals surface area contributed by atoms with Gasteiger partial charge in [-0.25, -0.2) is 0 Å². The molecule has 0 aliphatic carbocycles. The van der Waals surface area contributed by atoms with E-state index < -0.39 is 0 Å². The van der Waals surface area contributed by atoms with Crippen LogP contribution in [0.2, 0.25) is 10.0 Å². The number of ether oxygens (including phenoxy) is 1. The van der Waals surface area contributed by atoms with Crippen molar-refractivity contribution in [3.8, 4) is 5.75 Å². The summed E-state index contributed by atoms with van der Waals surface area (Å²) in [5.41, 5.74) is 1.95. The van der Waals surface area contributed by atoms with Gasteiger partial charge in [0.25, 0.3) is 0 Å². The Hall–Kier alpha value is -2.22. The van der Waals surface area contributed by atoms with Crippen molar-refractivity contribution in [1.29, 1.82) is 0 Å². The topological polar surface area (TPSA) is 69.0 Å². The van der Waals surface area contributed by atoms with Gasteiger partial charge >= 0.3 is 0 Å². The molecule has 1 N–H and O–H groups in total. The third kappa shape index (κ3) is 5.68. The first kappa shape index (κ1) is 22.5. The molecule has 30 heavy (non-hydrogen) atoms. The zero-order chi connectivity index (χ0) is 21.7. The smallest absolute Gasteiger partial charge is 0.224 e. The highest BCUT2D eigenvalue weighted by molar-refractivity contribution is 7.98. The molecule has 0 spiro atoms. The Morgan fingerprint density at radius 2 is 1.83 bits per heavy atom. The quantitative estimate of drug-likeness (QED) is 0.482. The standard InChI is InChI=1S/C21H22Cl2N4O2S/c1-13(24-19(28)11-14-4-7-16(29-3)8-5-14)20-25-26-21(27(20)2)30-12-15-6-9-17(22)18(23)10-15/h4-10,13H,11-12H2,1-3H3,(H,24,28). The predicted molar refractivity (Wildman–Crippen MR) is 120 cm³/mol. The molecule has 3 aromatic rings. The van der Waals surface area contributed by atoms with Crippen molar-refractivity contribution in [3.63, 3.8) is 0 Å². The molecule has 6 nitrogen and oxygen atoms in total. The first-order valence-electron chi connectivity index (χ1n) is 9.25. The van der Waals surface area contributed by atoms with Crippen molar-refractivity contribution in [1.82, 2.24) is 20.1 Å². The molecule has 9 heteroatoms. The van der Waals surface area contributed by atoms with E-state index in [1.54, 1.807) is 24.9 Å². The second-order valence-electron chi connectivity index (χ2n) is 6.75. The molecule has 3 rings (SSSR count). The van der Waals surface area contributed by atoms with Crippen LogP contribution >= 0.6 is 35.0 Å². The first-order valence-corrected chi connectivity index (χ1v) is 11.0. The lowest BCUT2D eigenvalue weighted by molar-refractivity contribution is -0.121. The number of benzene rings is 2. The summed E-state index contributed by atoms with van der Waals surface area (Å²) in [5, 5.41) is 13.3. The molecule has 0 aliphatic heterocycles. The van der Waals surface area contributed by atoms with Gasteiger partial charge in [-0.1, -0.05) is 53.2 Å². The maximum Gasteiger partial charge on any atom is 0.224 e. The Morgan fingerprint density at radius 1 is 1.13 bits per heavy atom. The van der Waals surface area contributed by atoms with E-state index in [1.807, 2.05) is 54.9 Å². The maximum atomic E-state index is 12.4. The van der Waals surface area contributed by atoms with E-state index in [9.17, 15) is 4.79 Å². The summed E-state index contributed by atoms with van der Waals surface area (Å²) in [4.78, 5) is 12.4. The number of thioether (sulfide) groups is 1. The second kappa shape index (κ2) is 10.2. The van der Waals surface area contributed by atoms with Crippen molar-refractivity contribution in [2.24, 2.45) is 7.05 Å². The Balaban J connectivity index is 1.58. The number of nitrogens with zero attached hydrogens (tertiary/aromatic N) is 3. The average molecular weight is 465 g/mol. The van der Waals surface area contributed by atoms with E-state index in [0.717, 1.165) is 22.0 Å². The van der Waals surface area contributed by atoms with Crippen molar-refractivity contribution < 1.29 is 9.53 Å². The number of halogens is 2. The summed E-state index contributed by atoms with van der Waals surface area (Å²) in [7, 11) is 3.50. The number of hydrogen-bond acceptors (Lipinski definition) is 5. The van der Waals surface area contributed by atoms with Gasteiger partial charge in [-0.15, -0.1) is 10.2 Å². The molecule has 1 aromatic heterocycles. The molecule has 0 fully saturated rings. The number of aromatic nitrogens is 3. The van der Waals surface area contributed by atoms with Crippen LogP contribution in [0.4, 0.5) is 0 Å². The van der Waals surface area contributed by atoms with Crippen molar-refractivity contribution >= 4 is 40.9 Å². The Labute approximate surface area is 189 Å². The van der Waals surface area contributed by atoms with Crippen LogP contribution in [0, 0.1) is 0 Å². The van der Waals surface area contributed by atoms with Crippen LogP contribution in [-0.2, 0) is 24.0 Å². The minimum absolute atomic E-state index is 0.0827. The molecular formula is C21H22Cl2N4O2S. The molecule has 0 bridgehead atoms. The lowest BCUT2D eigenvalue weighted by atomic mass is 10.1. The van der Waals surface area contributed by atoms with Gasteiger partial charge in [0.1, 0.15) is 5.75 Å². The largest absolute Gasteiger partial charge is 0.497 e. The minimum Gasteiger partial charge on any atom is -0.497 e. The SMILES string of the molecule is COc1ccc(CC(=O)NC(C)c2nnc(SCc3ccc(Cl)c(Cl)c3)n2C)cc1. The lowest BCUT2D eigenvalue weighted by Crippen LogP contribution is -2.29. The van der Waals surface area contributed by atoms with Crippen molar-refractivity contribution in [2.45, 2.75) is 30.3 Å². The summed E-state index contributed by atoms with van der Waals surface area (Å²) in [6, 6.07) is 12.7.